The molecule has 6 heteroatoms. The summed E-state index contributed by atoms with van der Waals surface area (Å²) in [7, 11) is 0. The molecule has 0 saturated heterocycles. The van der Waals surface area contributed by atoms with Crippen LogP contribution < -0.4 is 0 Å². The minimum absolute atomic E-state index is 0.785. The lowest BCUT2D eigenvalue weighted by Crippen LogP contribution is -2.10. The molecule has 0 amide bonds. The molecule has 2 rings (SSSR count). The van der Waals surface area contributed by atoms with Crippen LogP contribution in [-0.2, 0) is 0 Å². The molecule has 0 heterocycles. The molecular weight excluding hydrogens is 315 g/mol. The number of aliphatic hydroxyl groups excluding tert-OH is 1. The fraction of sp³-hybridized carbons (Fsp3) is 0.0588. The average Bonchev–Trinajstić information content (AvgIpc) is 2.56. The smallest absolute Gasteiger partial charge is 0.200 e. The maximum atomic E-state index is 13.5. The van der Waals surface area contributed by atoms with Crippen LogP contribution >= 0.6 is 0 Å². The zero-order chi connectivity index (χ0) is 17.0. The monoisotopic (exact) mass is 324 g/mol. The van der Waals surface area contributed by atoms with Gasteiger partial charge >= 0.3 is 0 Å². The topological polar surface area (TPSA) is 20.2 Å². The molecule has 2 aromatic carbocycles. The summed E-state index contributed by atoms with van der Waals surface area (Å²) in [5.74, 6) is -6.44. The minimum Gasteiger partial charge on any atom is -0.376 e. The van der Waals surface area contributed by atoms with Gasteiger partial charge in [-0.3, -0.25) is 0 Å². The van der Waals surface area contributed by atoms with E-state index in [-0.39, 0.29) is 0 Å². The van der Waals surface area contributed by atoms with Crippen LogP contribution in [0.1, 0.15) is 17.2 Å². The molecule has 0 spiro atoms. The van der Waals surface area contributed by atoms with E-state index in [1.165, 1.54) is 6.08 Å². The molecular formula is C17H9F5O. The van der Waals surface area contributed by atoms with Gasteiger partial charge in [0, 0.05) is 0 Å². The Morgan fingerprint density at radius 3 is 1.91 bits per heavy atom. The number of allylic oxidation sites excluding steroid dienone is 1. The van der Waals surface area contributed by atoms with E-state index in [0.717, 1.165) is 5.56 Å². The van der Waals surface area contributed by atoms with Crippen molar-refractivity contribution in [2.24, 2.45) is 0 Å². The second-order valence-corrected chi connectivity index (χ2v) is 4.42. The van der Waals surface area contributed by atoms with Crippen molar-refractivity contribution in [2.45, 2.75) is 6.10 Å². The molecule has 1 nitrogen and oxygen atoms in total. The zero-order valence-corrected chi connectivity index (χ0v) is 11.5. The predicted molar refractivity (Wildman–Crippen MR) is 74.4 cm³/mol. The fourth-order valence-electron chi connectivity index (χ4n) is 1.76. The van der Waals surface area contributed by atoms with E-state index in [9.17, 15) is 27.1 Å². The van der Waals surface area contributed by atoms with Gasteiger partial charge in [-0.25, -0.2) is 22.0 Å². The third-order valence-electron chi connectivity index (χ3n) is 2.90. The van der Waals surface area contributed by atoms with Crippen LogP contribution in [0.5, 0.6) is 0 Å². The molecule has 1 atom stereocenters. The van der Waals surface area contributed by atoms with E-state index >= 15 is 0 Å². The number of aliphatic hydroxyl groups is 1. The van der Waals surface area contributed by atoms with E-state index in [1.54, 1.807) is 36.4 Å². The van der Waals surface area contributed by atoms with Gasteiger partial charge in [-0.15, -0.1) is 0 Å². The maximum absolute atomic E-state index is 13.5. The van der Waals surface area contributed by atoms with Crippen LogP contribution in [-0.4, -0.2) is 5.11 Å². The molecule has 118 valence electrons. The van der Waals surface area contributed by atoms with E-state index in [1.807, 2.05) is 5.92 Å². The highest BCUT2D eigenvalue weighted by Gasteiger charge is 2.28. The van der Waals surface area contributed by atoms with Crippen LogP contribution in [0, 0.1) is 40.9 Å². The first-order chi connectivity index (χ1) is 10.9. The van der Waals surface area contributed by atoms with Crippen molar-refractivity contribution < 1.29 is 27.1 Å². The van der Waals surface area contributed by atoms with E-state index in [2.05, 4.69) is 5.92 Å². The van der Waals surface area contributed by atoms with Crippen molar-refractivity contribution in [2.75, 3.05) is 0 Å². The van der Waals surface area contributed by atoms with Crippen LogP contribution in [0.25, 0.3) is 6.08 Å². The summed E-state index contributed by atoms with van der Waals surface area (Å²) < 4.78 is 65.9. The summed E-state index contributed by atoms with van der Waals surface area (Å²) in [5, 5.41) is 9.58. The van der Waals surface area contributed by atoms with Gasteiger partial charge in [-0.1, -0.05) is 42.2 Å². The molecule has 0 aromatic heterocycles. The van der Waals surface area contributed by atoms with Gasteiger partial charge in [0.05, 0.1) is 5.56 Å². The summed E-state index contributed by atoms with van der Waals surface area (Å²) >= 11 is 0. The van der Waals surface area contributed by atoms with Crippen molar-refractivity contribution in [3.05, 3.63) is 76.6 Å². The highest BCUT2D eigenvalue weighted by molar-refractivity contribution is 5.52. The Kier molecular flexibility index (Phi) is 5.14. The number of rotatable bonds is 2. The fourth-order valence-corrected chi connectivity index (χ4v) is 1.76. The standard InChI is InChI=1S/C17H9F5O/c18-13-12(14(19)16(21)17(22)15(13)20)11(23)9-5-4-8-10-6-2-1-3-7-10/h1-4,6-8,11,23H/b8-4+. The Bertz CT molecular complexity index is 774. The Hall–Kier alpha value is -2.65. The summed E-state index contributed by atoms with van der Waals surface area (Å²) in [6, 6.07) is 8.88. The van der Waals surface area contributed by atoms with E-state index in [0.29, 0.717) is 0 Å². The van der Waals surface area contributed by atoms with Crippen LogP contribution in [0.4, 0.5) is 22.0 Å². The molecule has 0 bridgehead atoms. The zero-order valence-electron chi connectivity index (χ0n) is 11.5. The average molecular weight is 324 g/mol. The SMILES string of the molecule is OC(C#C/C=C/c1ccccc1)c1c(F)c(F)c(F)c(F)c1F. The highest BCUT2D eigenvalue weighted by Crippen LogP contribution is 2.27. The molecule has 1 unspecified atom stereocenters. The van der Waals surface area contributed by atoms with Gasteiger partial charge in [0.25, 0.3) is 0 Å². The molecule has 0 saturated carbocycles. The Balaban J connectivity index is 2.28. The molecule has 0 aliphatic carbocycles. The maximum Gasteiger partial charge on any atom is 0.200 e. The third-order valence-corrected chi connectivity index (χ3v) is 2.90. The van der Waals surface area contributed by atoms with Gasteiger partial charge in [0.1, 0.15) is 6.10 Å². The van der Waals surface area contributed by atoms with Gasteiger partial charge in [0.15, 0.2) is 23.3 Å². The van der Waals surface area contributed by atoms with Crippen molar-refractivity contribution in [3.8, 4) is 11.8 Å². The number of benzene rings is 2. The summed E-state index contributed by atoms with van der Waals surface area (Å²) in [6.45, 7) is 0. The Morgan fingerprint density at radius 2 is 1.35 bits per heavy atom. The van der Waals surface area contributed by atoms with Crippen molar-refractivity contribution in [1.29, 1.82) is 0 Å². The number of hydrogen-bond donors (Lipinski definition) is 1. The Morgan fingerprint density at radius 1 is 0.826 bits per heavy atom. The van der Waals surface area contributed by atoms with E-state index in [4.69, 9.17) is 0 Å². The molecule has 0 radical (unpaired) electrons. The highest BCUT2D eigenvalue weighted by atomic mass is 19.2. The second kappa shape index (κ2) is 7.07. The van der Waals surface area contributed by atoms with Crippen molar-refractivity contribution in [3.63, 3.8) is 0 Å². The molecule has 1 N–H and O–H groups in total. The van der Waals surface area contributed by atoms with Gasteiger partial charge < -0.3 is 5.11 Å². The van der Waals surface area contributed by atoms with Gasteiger partial charge in [-0.05, 0) is 17.7 Å². The van der Waals surface area contributed by atoms with Crippen LogP contribution in [0.2, 0.25) is 0 Å². The lowest BCUT2D eigenvalue weighted by molar-refractivity contribution is 0.219. The lowest BCUT2D eigenvalue weighted by atomic mass is 10.1. The quantitative estimate of drug-likeness (QED) is 0.381. The number of halogens is 5. The molecule has 2 aromatic rings. The van der Waals surface area contributed by atoms with Crippen LogP contribution in [0.15, 0.2) is 36.4 Å². The first-order valence-corrected chi connectivity index (χ1v) is 6.35. The number of hydrogen-bond acceptors (Lipinski definition) is 1. The summed E-state index contributed by atoms with van der Waals surface area (Å²) in [5.41, 5.74) is -0.588. The molecule has 0 aliphatic rings. The first kappa shape index (κ1) is 16.7. The lowest BCUT2D eigenvalue weighted by Gasteiger charge is -2.09. The minimum atomic E-state index is -2.28. The predicted octanol–water partition coefficient (Wildman–Crippen LogP) is 4.13. The largest absolute Gasteiger partial charge is 0.376 e. The van der Waals surface area contributed by atoms with Gasteiger partial charge in [0.2, 0.25) is 5.82 Å². The van der Waals surface area contributed by atoms with Crippen LogP contribution in [0.3, 0.4) is 0 Å². The second-order valence-electron chi connectivity index (χ2n) is 4.42. The van der Waals surface area contributed by atoms with E-state index < -0.39 is 40.8 Å². The third kappa shape index (κ3) is 3.58. The van der Waals surface area contributed by atoms with Crippen molar-refractivity contribution in [1.82, 2.24) is 0 Å². The summed E-state index contributed by atoms with van der Waals surface area (Å²) in [4.78, 5) is 0. The summed E-state index contributed by atoms with van der Waals surface area (Å²) in [6.07, 6.45) is 0.683. The molecule has 23 heavy (non-hydrogen) atoms. The Labute approximate surface area is 128 Å². The van der Waals surface area contributed by atoms with Gasteiger partial charge in [-0.2, -0.15) is 0 Å². The normalized spacial score (nSPS) is 12.1. The molecule has 0 aliphatic heterocycles. The van der Waals surface area contributed by atoms with Crippen molar-refractivity contribution >= 4 is 6.08 Å². The molecule has 0 fully saturated rings. The first-order valence-electron chi connectivity index (χ1n) is 6.35.